The van der Waals surface area contributed by atoms with Crippen molar-refractivity contribution in [2.45, 2.75) is 19.4 Å². The first-order valence-electron chi connectivity index (χ1n) is 5.93. The van der Waals surface area contributed by atoms with E-state index in [1.54, 1.807) is 11.3 Å². The third-order valence-corrected chi connectivity index (χ3v) is 4.53. The van der Waals surface area contributed by atoms with Gasteiger partial charge in [0.05, 0.1) is 8.93 Å². The van der Waals surface area contributed by atoms with Crippen LogP contribution in [0.15, 0.2) is 35.7 Å². The lowest BCUT2D eigenvalue weighted by atomic mass is 10.0. The lowest BCUT2D eigenvalue weighted by Gasteiger charge is -2.18. The van der Waals surface area contributed by atoms with E-state index in [4.69, 9.17) is 0 Å². The van der Waals surface area contributed by atoms with Gasteiger partial charge in [-0.05, 0) is 70.3 Å². The molecule has 0 aliphatic rings. The van der Waals surface area contributed by atoms with Crippen molar-refractivity contribution in [2.75, 3.05) is 6.54 Å². The summed E-state index contributed by atoms with van der Waals surface area (Å²) in [5.41, 5.74) is 2.36. The molecule has 0 saturated carbocycles. The molecule has 0 spiro atoms. The number of hydrogen-bond acceptors (Lipinski definition) is 2. The fourth-order valence-corrected chi connectivity index (χ4v) is 3.24. The van der Waals surface area contributed by atoms with Crippen molar-refractivity contribution in [2.24, 2.45) is 0 Å². The smallest absolute Gasteiger partial charge is 0.123 e. The fraction of sp³-hybridized carbons (Fsp3) is 0.286. The van der Waals surface area contributed by atoms with Gasteiger partial charge in [-0.3, -0.25) is 0 Å². The molecule has 1 unspecified atom stereocenters. The van der Waals surface area contributed by atoms with Crippen molar-refractivity contribution >= 4 is 33.9 Å². The van der Waals surface area contributed by atoms with Gasteiger partial charge in [-0.25, -0.2) is 4.39 Å². The zero-order valence-corrected chi connectivity index (χ0v) is 13.1. The highest BCUT2D eigenvalue weighted by Gasteiger charge is 2.14. The first kappa shape index (κ1) is 14.0. The maximum absolute atomic E-state index is 13.0. The van der Waals surface area contributed by atoms with Crippen LogP contribution in [0.4, 0.5) is 4.39 Å². The minimum Gasteiger partial charge on any atom is -0.306 e. The highest BCUT2D eigenvalue weighted by molar-refractivity contribution is 14.1. The Balaban J connectivity index is 2.27. The molecule has 0 amide bonds. The molecule has 0 fully saturated rings. The fourth-order valence-electron chi connectivity index (χ4n) is 1.85. The van der Waals surface area contributed by atoms with Gasteiger partial charge in [0, 0.05) is 0 Å². The second-order valence-corrected chi connectivity index (χ2v) is 6.93. The second kappa shape index (κ2) is 6.63. The van der Waals surface area contributed by atoms with Crippen molar-refractivity contribution in [1.29, 1.82) is 0 Å². The van der Waals surface area contributed by atoms with Crippen molar-refractivity contribution in [3.8, 4) is 0 Å². The van der Waals surface area contributed by atoms with Gasteiger partial charge >= 0.3 is 0 Å². The molecule has 0 aliphatic heterocycles. The van der Waals surface area contributed by atoms with Crippen LogP contribution in [0.5, 0.6) is 0 Å². The molecule has 0 radical (unpaired) electrons. The van der Waals surface area contributed by atoms with E-state index >= 15 is 0 Å². The Kier molecular flexibility index (Phi) is 5.14. The first-order valence-corrected chi connectivity index (χ1v) is 7.89. The molecule has 0 aliphatic carbocycles. The molecule has 2 aromatic rings. The van der Waals surface area contributed by atoms with Crippen molar-refractivity contribution < 1.29 is 4.39 Å². The van der Waals surface area contributed by atoms with Crippen molar-refractivity contribution in [3.63, 3.8) is 0 Å². The topological polar surface area (TPSA) is 12.0 Å². The van der Waals surface area contributed by atoms with Gasteiger partial charge < -0.3 is 5.32 Å². The molecule has 0 saturated heterocycles. The van der Waals surface area contributed by atoms with Crippen LogP contribution in [0.2, 0.25) is 0 Å². The zero-order chi connectivity index (χ0) is 13.0. The number of hydrogen-bond donors (Lipinski definition) is 1. The van der Waals surface area contributed by atoms with Gasteiger partial charge in [-0.1, -0.05) is 19.1 Å². The molecule has 1 atom stereocenters. The summed E-state index contributed by atoms with van der Waals surface area (Å²) in [7, 11) is 0. The average molecular weight is 375 g/mol. The Hall–Kier alpha value is -0.460. The summed E-state index contributed by atoms with van der Waals surface area (Å²) in [5, 5.41) is 5.68. The van der Waals surface area contributed by atoms with Gasteiger partial charge in [0.1, 0.15) is 5.82 Å². The highest BCUT2D eigenvalue weighted by atomic mass is 127. The van der Waals surface area contributed by atoms with Crippen LogP contribution in [-0.4, -0.2) is 6.54 Å². The van der Waals surface area contributed by atoms with E-state index in [0.717, 1.165) is 18.5 Å². The molecular formula is C14H15FINS. The minimum atomic E-state index is -0.187. The maximum atomic E-state index is 13.0. The molecule has 1 aromatic carbocycles. The summed E-state index contributed by atoms with van der Waals surface area (Å²) in [5.74, 6) is -0.187. The average Bonchev–Trinajstić information content (AvgIpc) is 2.78. The second-order valence-electron chi connectivity index (χ2n) is 4.12. The Bertz CT molecular complexity index is 495. The molecule has 0 bridgehead atoms. The van der Waals surface area contributed by atoms with Crippen molar-refractivity contribution in [3.05, 3.63) is 55.5 Å². The Labute approximate surface area is 125 Å². The summed E-state index contributed by atoms with van der Waals surface area (Å²) in [4.78, 5) is 0. The first-order chi connectivity index (χ1) is 8.70. The number of rotatable bonds is 5. The molecular weight excluding hydrogens is 360 g/mol. The molecule has 1 nitrogen and oxygen atoms in total. The van der Waals surface area contributed by atoms with Gasteiger partial charge in [0.2, 0.25) is 0 Å². The van der Waals surface area contributed by atoms with Crippen LogP contribution in [0.1, 0.15) is 30.5 Å². The molecule has 4 heteroatoms. The van der Waals surface area contributed by atoms with E-state index in [2.05, 4.69) is 46.3 Å². The normalized spacial score (nSPS) is 12.6. The summed E-state index contributed by atoms with van der Waals surface area (Å²) in [6.45, 7) is 3.10. The molecule has 1 heterocycles. The van der Waals surface area contributed by atoms with E-state index in [0.29, 0.717) is 0 Å². The standard InChI is InChI=1S/C14H15FINS/c1-2-7-17-14(11-8-13(16)18-9-11)10-3-5-12(15)6-4-10/h3-6,8-9,14,17H,2,7H2,1H3. The summed E-state index contributed by atoms with van der Waals surface area (Å²) >= 11 is 4.06. The molecule has 96 valence electrons. The molecule has 18 heavy (non-hydrogen) atoms. The Morgan fingerprint density at radius 3 is 2.56 bits per heavy atom. The van der Waals surface area contributed by atoms with Crippen LogP contribution < -0.4 is 5.32 Å². The third kappa shape index (κ3) is 3.52. The number of benzene rings is 1. The van der Waals surface area contributed by atoms with Crippen LogP contribution in [0.3, 0.4) is 0 Å². The number of thiophene rings is 1. The minimum absolute atomic E-state index is 0.158. The Morgan fingerprint density at radius 2 is 2.00 bits per heavy atom. The van der Waals surface area contributed by atoms with Gasteiger partial charge in [-0.2, -0.15) is 0 Å². The van der Waals surface area contributed by atoms with Crippen LogP contribution >= 0.6 is 33.9 Å². The summed E-state index contributed by atoms with van der Waals surface area (Å²) < 4.78 is 14.3. The summed E-state index contributed by atoms with van der Waals surface area (Å²) in [6.07, 6.45) is 1.08. The SMILES string of the molecule is CCCNC(c1ccc(F)cc1)c1csc(I)c1. The zero-order valence-electron chi connectivity index (χ0n) is 10.1. The number of halogens is 2. The van der Waals surface area contributed by atoms with Crippen LogP contribution in [0.25, 0.3) is 0 Å². The van der Waals surface area contributed by atoms with Crippen LogP contribution in [-0.2, 0) is 0 Å². The van der Waals surface area contributed by atoms with E-state index in [9.17, 15) is 4.39 Å². The highest BCUT2D eigenvalue weighted by Crippen LogP contribution is 2.27. The lowest BCUT2D eigenvalue weighted by molar-refractivity contribution is 0.594. The number of nitrogens with one attached hydrogen (secondary N) is 1. The van der Waals surface area contributed by atoms with E-state index in [1.165, 1.54) is 20.6 Å². The lowest BCUT2D eigenvalue weighted by Crippen LogP contribution is -2.22. The van der Waals surface area contributed by atoms with Gasteiger partial charge in [0.25, 0.3) is 0 Å². The molecule has 1 N–H and O–H groups in total. The van der Waals surface area contributed by atoms with E-state index in [-0.39, 0.29) is 11.9 Å². The van der Waals surface area contributed by atoms with Crippen LogP contribution in [0, 0.1) is 8.70 Å². The summed E-state index contributed by atoms with van der Waals surface area (Å²) in [6, 6.07) is 9.09. The van der Waals surface area contributed by atoms with Gasteiger partial charge in [-0.15, -0.1) is 11.3 Å². The predicted octanol–water partition coefficient (Wildman–Crippen LogP) is 4.58. The van der Waals surface area contributed by atoms with E-state index in [1.807, 2.05) is 12.1 Å². The third-order valence-electron chi connectivity index (χ3n) is 2.72. The quantitative estimate of drug-likeness (QED) is 0.755. The van der Waals surface area contributed by atoms with Crippen molar-refractivity contribution in [1.82, 2.24) is 5.32 Å². The van der Waals surface area contributed by atoms with E-state index < -0.39 is 0 Å². The Morgan fingerprint density at radius 1 is 1.28 bits per heavy atom. The molecule has 1 aromatic heterocycles. The maximum Gasteiger partial charge on any atom is 0.123 e. The molecule has 2 rings (SSSR count). The largest absolute Gasteiger partial charge is 0.306 e. The predicted molar refractivity (Wildman–Crippen MR) is 83.6 cm³/mol. The van der Waals surface area contributed by atoms with Gasteiger partial charge in [0.15, 0.2) is 0 Å². The monoisotopic (exact) mass is 375 g/mol.